The Morgan fingerprint density at radius 2 is 1.42 bits per heavy atom. The van der Waals surface area contributed by atoms with Gasteiger partial charge in [0.15, 0.2) is 10.8 Å². The molecule has 0 radical (unpaired) electrons. The monoisotopic (exact) mass is 331 g/mol. The molecule has 2 heterocycles. The average Bonchev–Trinajstić information content (AvgIpc) is 3.21. The van der Waals surface area contributed by atoms with Gasteiger partial charge in [-0.1, -0.05) is 60.7 Å². The molecule has 0 unspecified atom stereocenters. The van der Waals surface area contributed by atoms with Gasteiger partial charge in [0, 0.05) is 16.0 Å². The molecule has 0 saturated heterocycles. The molecule has 0 bridgehead atoms. The van der Waals surface area contributed by atoms with E-state index in [9.17, 15) is 0 Å². The number of H-pyrrole nitrogens is 1. The van der Waals surface area contributed by atoms with Crippen LogP contribution < -0.4 is 0 Å². The Bertz CT molecular complexity index is 892. The molecule has 0 saturated carbocycles. The minimum Gasteiger partial charge on any atom is -0.335 e. The molecule has 1 N–H and O–H groups in total. The molecule has 0 fully saturated rings. The zero-order valence-corrected chi connectivity index (χ0v) is 14.4. The molecule has 0 aliphatic rings. The van der Waals surface area contributed by atoms with Gasteiger partial charge in [0.05, 0.1) is 17.1 Å². The highest BCUT2D eigenvalue weighted by Crippen LogP contribution is 2.34. The smallest absolute Gasteiger partial charge is 0.167 e. The molecule has 24 heavy (non-hydrogen) atoms. The summed E-state index contributed by atoms with van der Waals surface area (Å²) in [6.45, 7) is 4.13. The second-order valence-corrected chi connectivity index (χ2v) is 6.90. The van der Waals surface area contributed by atoms with Crippen LogP contribution >= 0.6 is 11.3 Å². The van der Waals surface area contributed by atoms with Crippen LogP contribution in [0.2, 0.25) is 0 Å². The number of imidazole rings is 1. The number of aromatic amines is 1. The van der Waals surface area contributed by atoms with Crippen LogP contribution in [-0.4, -0.2) is 15.0 Å². The van der Waals surface area contributed by atoms with E-state index in [1.54, 1.807) is 11.3 Å². The fourth-order valence-corrected chi connectivity index (χ4v) is 3.53. The van der Waals surface area contributed by atoms with Crippen molar-refractivity contribution in [1.29, 1.82) is 0 Å². The molecular weight excluding hydrogens is 314 g/mol. The molecular formula is C20H17N3S. The van der Waals surface area contributed by atoms with Gasteiger partial charge in [-0.15, -0.1) is 11.3 Å². The van der Waals surface area contributed by atoms with E-state index in [1.165, 1.54) is 4.88 Å². The van der Waals surface area contributed by atoms with Gasteiger partial charge in [0.1, 0.15) is 0 Å². The third-order valence-electron chi connectivity index (χ3n) is 4.04. The predicted octanol–water partition coefficient (Wildman–Crippen LogP) is 5.48. The zero-order valence-electron chi connectivity index (χ0n) is 13.6. The van der Waals surface area contributed by atoms with Crippen molar-refractivity contribution in [3.63, 3.8) is 0 Å². The number of hydrogen-bond donors (Lipinski definition) is 1. The van der Waals surface area contributed by atoms with Crippen LogP contribution in [0, 0.1) is 13.8 Å². The molecule has 2 aromatic heterocycles. The van der Waals surface area contributed by atoms with E-state index in [0.29, 0.717) is 0 Å². The van der Waals surface area contributed by atoms with Gasteiger partial charge in [-0.25, -0.2) is 9.97 Å². The molecule has 0 amide bonds. The molecule has 2 aromatic carbocycles. The number of benzene rings is 2. The lowest BCUT2D eigenvalue weighted by Crippen LogP contribution is -1.82. The topological polar surface area (TPSA) is 41.6 Å². The minimum atomic E-state index is 0.828. The van der Waals surface area contributed by atoms with Crippen molar-refractivity contribution >= 4 is 11.3 Å². The summed E-state index contributed by atoms with van der Waals surface area (Å²) in [5.41, 5.74) is 5.28. The average molecular weight is 331 g/mol. The van der Waals surface area contributed by atoms with Crippen molar-refractivity contribution < 1.29 is 0 Å². The maximum atomic E-state index is 4.87. The van der Waals surface area contributed by atoms with E-state index in [1.807, 2.05) is 43.3 Å². The second kappa shape index (κ2) is 6.06. The summed E-state index contributed by atoms with van der Waals surface area (Å²) in [6.07, 6.45) is 0. The van der Waals surface area contributed by atoms with Gasteiger partial charge in [-0.3, -0.25) is 0 Å². The molecule has 4 aromatic rings. The number of hydrogen-bond acceptors (Lipinski definition) is 3. The van der Waals surface area contributed by atoms with E-state index in [0.717, 1.165) is 39.0 Å². The number of rotatable bonds is 3. The summed E-state index contributed by atoms with van der Waals surface area (Å²) >= 11 is 1.68. The van der Waals surface area contributed by atoms with Crippen LogP contribution in [0.1, 0.15) is 10.6 Å². The lowest BCUT2D eigenvalue weighted by Gasteiger charge is -2.02. The Morgan fingerprint density at radius 3 is 2.00 bits per heavy atom. The van der Waals surface area contributed by atoms with Crippen LogP contribution in [-0.2, 0) is 0 Å². The van der Waals surface area contributed by atoms with Crippen LogP contribution in [0.3, 0.4) is 0 Å². The van der Waals surface area contributed by atoms with Gasteiger partial charge in [0.25, 0.3) is 0 Å². The van der Waals surface area contributed by atoms with E-state index >= 15 is 0 Å². The molecule has 0 aliphatic carbocycles. The van der Waals surface area contributed by atoms with Crippen molar-refractivity contribution in [1.82, 2.24) is 15.0 Å². The second-order valence-electron chi connectivity index (χ2n) is 5.70. The fraction of sp³-hybridized carbons (Fsp3) is 0.100. The van der Waals surface area contributed by atoms with Crippen molar-refractivity contribution in [2.75, 3.05) is 0 Å². The van der Waals surface area contributed by atoms with Crippen LogP contribution in [0.4, 0.5) is 0 Å². The molecule has 4 rings (SSSR count). The Balaban J connectivity index is 1.91. The Morgan fingerprint density at radius 1 is 0.792 bits per heavy atom. The summed E-state index contributed by atoms with van der Waals surface area (Å²) in [6, 6.07) is 20.6. The first-order chi connectivity index (χ1) is 11.7. The first kappa shape index (κ1) is 14.8. The van der Waals surface area contributed by atoms with E-state index < -0.39 is 0 Å². The molecule has 4 heteroatoms. The standard InChI is InChI=1S/C20H17N3S/c1-13-14(2)24-20(21-13)19-22-17(15-9-5-3-6-10-15)18(23-19)16-11-7-4-8-12-16/h3-12H,1-2H3,(H,22,23). The lowest BCUT2D eigenvalue weighted by atomic mass is 10.1. The summed E-state index contributed by atoms with van der Waals surface area (Å²) in [5.74, 6) is 0.828. The molecule has 118 valence electrons. The summed E-state index contributed by atoms with van der Waals surface area (Å²) in [5, 5.41) is 0.935. The predicted molar refractivity (Wildman–Crippen MR) is 100 cm³/mol. The lowest BCUT2D eigenvalue weighted by molar-refractivity contribution is 1.20. The summed E-state index contributed by atoms with van der Waals surface area (Å²) < 4.78 is 0. The van der Waals surface area contributed by atoms with Crippen molar-refractivity contribution in [2.24, 2.45) is 0 Å². The van der Waals surface area contributed by atoms with Crippen LogP contribution in [0.25, 0.3) is 33.3 Å². The first-order valence-electron chi connectivity index (χ1n) is 7.87. The maximum absolute atomic E-state index is 4.87. The normalized spacial score (nSPS) is 10.9. The van der Waals surface area contributed by atoms with E-state index in [4.69, 9.17) is 4.98 Å². The Kier molecular flexibility index (Phi) is 3.75. The highest BCUT2D eigenvalue weighted by molar-refractivity contribution is 7.15. The molecule has 0 aliphatic heterocycles. The van der Waals surface area contributed by atoms with Crippen LogP contribution in [0.15, 0.2) is 60.7 Å². The highest BCUT2D eigenvalue weighted by atomic mass is 32.1. The summed E-state index contributed by atoms with van der Waals surface area (Å²) in [4.78, 5) is 14.2. The van der Waals surface area contributed by atoms with Gasteiger partial charge >= 0.3 is 0 Å². The van der Waals surface area contributed by atoms with Gasteiger partial charge in [-0.05, 0) is 13.8 Å². The zero-order chi connectivity index (χ0) is 16.5. The maximum Gasteiger partial charge on any atom is 0.167 e. The van der Waals surface area contributed by atoms with Gasteiger partial charge in [-0.2, -0.15) is 0 Å². The fourth-order valence-electron chi connectivity index (χ4n) is 2.67. The Hall–Kier alpha value is -2.72. The number of aromatic nitrogens is 3. The number of nitrogens with one attached hydrogen (secondary N) is 1. The Labute approximate surface area is 145 Å². The highest BCUT2D eigenvalue weighted by Gasteiger charge is 2.17. The molecule has 0 spiro atoms. The van der Waals surface area contributed by atoms with Gasteiger partial charge < -0.3 is 4.98 Å². The van der Waals surface area contributed by atoms with Crippen molar-refractivity contribution in [2.45, 2.75) is 13.8 Å². The van der Waals surface area contributed by atoms with Crippen molar-refractivity contribution in [3.05, 3.63) is 71.2 Å². The van der Waals surface area contributed by atoms with Gasteiger partial charge in [0.2, 0.25) is 0 Å². The van der Waals surface area contributed by atoms with E-state index in [-0.39, 0.29) is 0 Å². The number of thiazole rings is 1. The third-order valence-corrected chi connectivity index (χ3v) is 5.12. The molecule has 0 atom stereocenters. The number of nitrogens with zero attached hydrogens (tertiary/aromatic N) is 2. The third kappa shape index (κ3) is 2.65. The quantitative estimate of drug-likeness (QED) is 0.540. The first-order valence-corrected chi connectivity index (χ1v) is 8.69. The minimum absolute atomic E-state index is 0.828. The number of aryl methyl sites for hydroxylation is 2. The van der Waals surface area contributed by atoms with Crippen LogP contribution in [0.5, 0.6) is 0 Å². The SMILES string of the molecule is Cc1nc(-c2nc(-c3ccccc3)c(-c3ccccc3)[nH]2)sc1C. The van der Waals surface area contributed by atoms with E-state index in [2.05, 4.69) is 41.2 Å². The largest absolute Gasteiger partial charge is 0.335 e. The summed E-state index contributed by atoms with van der Waals surface area (Å²) in [7, 11) is 0. The molecule has 3 nitrogen and oxygen atoms in total. The van der Waals surface area contributed by atoms with Crippen molar-refractivity contribution in [3.8, 4) is 33.3 Å².